The molecule has 0 aliphatic carbocycles. The Labute approximate surface area is 119 Å². The molecular weight excluding hydrogens is 250 g/mol. The van der Waals surface area contributed by atoms with Crippen molar-refractivity contribution in [3.63, 3.8) is 0 Å². The average Bonchev–Trinajstić information content (AvgIpc) is 2.52. The molecule has 2 rings (SSSR count). The predicted octanol–water partition coefficient (Wildman–Crippen LogP) is 3.43. The second kappa shape index (κ2) is 6.74. The van der Waals surface area contributed by atoms with E-state index in [2.05, 4.69) is 6.07 Å². The molecule has 2 aromatic rings. The quantitative estimate of drug-likeness (QED) is 0.903. The van der Waals surface area contributed by atoms with E-state index in [1.807, 2.05) is 37.3 Å². The van der Waals surface area contributed by atoms with Crippen molar-refractivity contribution < 1.29 is 9.84 Å². The van der Waals surface area contributed by atoms with E-state index in [-0.39, 0.29) is 0 Å². The number of hydrogen-bond acceptors (Lipinski definition) is 3. The van der Waals surface area contributed by atoms with Gasteiger partial charge in [0.05, 0.1) is 18.2 Å². The number of ether oxygens (including phenoxy) is 1. The second-order valence-electron chi connectivity index (χ2n) is 4.53. The topological polar surface area (TPSA) is 53.2 Å². The molecule has 0 saturated carbocycles. The standard InChI is InChI=1S/C17H17NO2/c1-2-10-20-16-9-4-3-8-15(16)17(19)14-7-5-6-13(11-14)12-18/h3-9,11,17,19H,2,10H2,1H3. The molecule has 0 saturated heterocycles. The Balaban J connectivity index is 2.32. The number of para-hydroxylation sites is 1. The van der Waals surface area contributed by atoms with Crippen molar-refractivity contribution in [2.45, 2.75) is 19.4 Å². The maximum absolute atomic E-state index is 10.5. The predicted molar refractivity (Wildman–Crippen MR) is 77.4 cm³/mol. The summed E-state index contributed by atoms with van der Waals surface area (Å²) in [6.45, 7) is 2.65. The Morgan fingerprint density at radius 3 is 2.75 bits per heavy atom. The lowest BCUT2D eigenvalue weighted by Crippen LogP contribution is -2.05. The van der Waals surface area contributed by atoms with E-state index in [4.69, 9.17) is 10.00 Å². The Bertz CT molecular complexity index is 616. The Morgan fingerprint density at radius 1 is 1.20 bits per heavy atom. The fourth-order valence-corrected chi connectivity index (χ4v) is 2.01. The minimum atomic E-state index is -0.795. The fourth-order valence-electron chi connectivity index (χ4n) is 2.01. The molecule has 1 unspecified atom stereocenters. The van der Waals surface area contributed by atoms with Crippen LogP contribution in [0.5, 0.6) is 5.75 Å². The van der Waals surface area contributed by atoms with Crippen LogP contribution in [0.25, 0.3) is 0 Å². The highest BCUT2D eigenvalue weighted by Crippen LogP contribution is 2.30. The zero-order valence-corrected chi connectivity index (χ0v) is 11.4. The highest BCUT2D eigenvalue weighted by molar-refractivity contribution is 5.42. The number of nitrogens with zero attached hydrogens (tertiary/aromatic N) is 1. The normalized spacial score (nSPS) is 11.7. The summed E-state index contributed by atoms with van der Waals surface area (Å²) < 4.78 is 5.66. The van der Waals surface area contributed by atoms with Crippen molar-refractivity contribution in [1.29, 1.82) is 5.26 Å². The smallest absolute Gasteiger partial charge is 0.125 e. The van der Waals surface area contributed by atoms with E-state index in [1.165, 1.54) is 0 Å². The summed E-state index contributed by atoms with van der Waals surface area (Å²) in [6, 6.07) is 16.5. The third kappa shape index (κ3) is 3.17. The van der Waals surface area contributed by atoms with Gasteiger partial charge in [-0.2, -0.15) is 5.26 Å². The van der Waals surface area contributed by atoms with Crippen LogP contribution in [-0.4, -0.2) is 11.7 Å². The summed E-state index contributed by atoms with van der Waals surface area (Å²) in [5, 5.41) is 19.4. The van der Waals surface area contributed by atoms with Gasteiger partial charge in [-0.25, -0.2) is 0 Å². The molecule has 0 aliphatic heterocycles. The van der Waals surface area contributed by atoms with Gasteiger partial charge in [-0.05, 0) is 30.2 Å². The maximum Gasteiger partial charge on any atom is 0.125 e. The lowest BCUT2D eigenvalue weighted by Gasteiger charge is -2.16. The van der Waals surface area contributed by atoms with Gasteiger partial charge in [-0.3, -0.25) is 0 Å². The molecule has 0 radical (unpaired) electrons. The third-order valence-electron chi connectivity index (χ3n) is 3.01. The largest absolute Gasteiger partial charge is 0.493 e. The number of nitriles is 1. The van der Waals surface area contributed by atoms with E-state index in [1.54, 1.807) is 18.2 Å². The molecule has 0 fully saturated rings. The Kier molecular flexibility index (Phi) is 4.75. The zero-order chi connectivity index (χ0) is 14.4. The molecule has 102 valence electrons. The number of rotatable bonds is 5. The number of hydrogen-bond donors (Lipinski definition) is 1. The molecule has 20 heavy (non-hydrogen) atoms. The monoisotopic (exact) mass is 267 g/mol. The van der Waals surface area contributed by atoms with Crippen molar-refractivity contribution in [1.82, 2.24) is 0 Å². The molecule has 1 atom stereocenters. The van der Waals surface area contributed by atoms with Gasteiger partial charge in [0.15, 0.2) is 0 Å². The van der Waals surface area contributed by atoms with Crippen LogP contribution in [0.1, 0.15) is 36.1 Å². The first-order valence-corrected chi connectivity index (χ1v) is 6.66. The van der Waals surface area contributed by atoms with E-state index in [0.717, 1.165) is 12.0 Å². The number of aliphatic hydroxyl groups is 1. The molecule has 0 aliphatic rings. The molecule has 0 spiro atoms. The first-order valence-electron chi connectivity index (χ1n) is 6.66. The summed E-state index contributed by atoms with van der Waals surface area (Å²) in [6.07, 6.45) is 0.116. The van der Waals surface area contributed by atoms with Gasteiger partial charge in [-0.15, -0.1) is 0 Å². The molecule has 0 aromatic heterocycles. The van der Waals surface area contributed by atoms with Crippen LogP contribution in [0.3, 0.4) is 0 Å². The third-order valence-corrected chi connectivity index (χ3v) is 3.01. The molecule has 0 amide bonds. The highest BCUT2D eigenvalue weighted by Gasteiger charge is 2.15. The van der Waals surface area contributed by atoms with Crippen LogP contribution < -0.4 is 4.74 Å². The van der Waals surface area contributed by atoms with E-state index < -0.39 is 6.10 Å². The van der Waals surface area contributed by atoms with Crippen LogP contribution in [0.15, 0.2) is 48.5 Å². The van der Waals surface area contributed by atoms with Gasteiger partial charge in [0.2, 0.25) is 0 Å². The van der Waals surface area contributed by atoms with Gasteiger partial charge >= 0.3 is 0 Å². The minimum absolute atomic E-state index is 0.536. The summed E-state index contributed by atoms with van der Waals surface area (Å²) in [5.74, 6) is 0.684. The Morgan fingerprint density at radius 2 is 2.00 bits per heavy atom. The van der Waals surface area contributed by atoms with Crippen molar-refractivity contribution >= 4 is 0 Å². The zero-order valence-electron chi connectivity index (χ0n) is 11.4. The van der Waals surface area contributed by atoms with Gasteiger partial charge in [0.1, 0.15) is 11.9 Å². The number of aliphatic hydroxyl groups excluding tert-OH is 1. The van der Waals surface area contributed by atoms with Gasteiger partial charge in [0.25, 0.3) is 0 Å². The van der Waals surface area contributed by atoms with Crippen LogP contribution in [0, 0.1) is 11.3 Å². The van der Waals surface area contributed by atoms with Crippen molar-refractivity contribution in [3.05, 3.63) is 65.2 Å². The molecule has 0 bridgehead atoms. The summed E-state index contributed by atoms with van der Waals surface area (Å²) in [5.41, 5.74) is 1.95. The SMILES string of the molecule is CCCOc1ccccc1C(O)c1cccc(C#N)c1. The van der Waals surface area contributed by atoms with E-state index >= 15 is 0 Å². The average molecular weight is 267 g/mol. The second-order valence-corrected chi connectivity index (χ2v) is 4.53. The molecule has 0 heterocycles. The van der Waals surface area contributed by atoms with Gasteiger partial charge in [0, 0.05) is 5.56 Å². The maximum atomic E-state index is 10.5. The molecule has 1 N–H and O–H groups in total. The van der Waals surface area contributed by atoms with E-state index in [0.29, 0.717) is 23.5 Å². The lowest BCUT2D eigenvalue weighted by atomic mass is 9.99. The van der Waals surface area contributed by atoms with Crippen LogP contribution in [-0.2, 0) is 0 Å². The fraction of sp³-hybridized carbons (Fsp3) is 0.235. The van der Waals surface area contributed by atoms with Crippen LogP contribution in [0.2, 0.25) is 0 Å². The van der Waals surface area contributed by atoms with E-state index in [9.17, 15) is 5.11 Å². The summed E-state index contributed by atoms with van der Waals surface area (Å²) >= 11 is 0. The minimum Gasteiger partial charge on any atom is -0.493 e. The van der Waals surface area contributed by atoms with Gasteiger partial charge < -0.3 is 9.84 Å². The van der Waals surface area contributed by atoms with Crippen molar-refractivity contribution in [2.24, 2.45) is 0 Å². The van der Waals surface area contributed by atoms with Crippen molar-refractivity contribution in [2.75, 3.05) is 6.61 Å². The summed E-state index contributed by atoms with van der Waals surface area (Å²) in [7, 11) is 0. The molecule has 3 heteroatoms. The Hall–Kier alpha value is -2.31. The molecule has 3 nitrogen and oxygen atoms in total. The van der Waals surface area contributed by atoms with Gasteiger partial charge in [-0.1, -0.05) is 37.3 Å². The first-order chi connectivity index (χ1) is 9.76. The molecule has 2 aromatic carbocycles. The van der Waals surface area contributed by atoms with Crippen LogP contribution >= 0.6 is 0 Å². The molecular formula is C17H17NO2. The highest BCUT2D eigenvalue weighted by atomic mass is 16.5. The first kappa shape index (κ1) is 14.1. The van der Waals surface area contributed by atoms with Crippen LogP contribution in [0.4, 0.5) is 0 Å². The van der Waals surface area contributed by atoms with Crippen molar-refractivity contribution in [3.8, 4) is 11.8 Å². The summed E-state index contributed by atoms with van der Waals surface area (Å²) in [4.78, 5) is 0. The lowest BCUT2D eigenvalue weighted by molar-refractivity contribution is 0.210. The number of benzene rings is 2.